The molecule has 1 saturated heterocycles. The zero-order valence-corrected chi connectivity index (χ0v) is 13.6. The number of rotatable bonds is 6. The van der Waals surface area contributed by atoms with E-state index in [0.717, 1.165) is 31.9 Å². The van der Waals surface area contributed by atoms with E-state index in [9.17, 15) is 0 Å². The Labute approximate surface area is 128 Å². The second-order valence-corrected chi connectivity index (χ2v) is 5.73. The van der Waals surface area contributed by atoms with Crippen LogP contribution in [-0.4, -0.2) is 55.2 Å². The molecule has 4 heteroatoms. The minimum Gasteiger partial charge on any atom is -0.494 e. The van der Waals surface area contributed by atoms with Crippen LogP contribution in [0.3, 0.4) is 0 Å². The van der Waals surface area contributed by atoms with Crippen molar-refractivity contribution in [3.63, 3.8) is 0 Å². The van der Waals surface area contributed by atoms with Crippen LogP contribution < -0.4 is 10.5 Å². The van der Waals surface area contributed by atoms with Gasteiger partial charge in [0, 0.05) is 38.3 Å². The standard InChI is InChI=1S/C17H29N3O/c1-4-19-9-10-20(13-14(19)3)17(12-18)15-7-6-8-16(11-15)21-5-2/h6-8,11,14,17H,4-5,9-10,12-13,18H2,1-3H3. The zero-order valence-electron chi connectivity index (χ0n) is 13.6. The van der Waals surface area contributed by atoms with E-state index in [1.54, 1.807) is 0 Å². The van der Waals surface area contributed by atoms with Crippen LogP contribution in [0.1, 0.15) is 32.4 Å². The van der Waals surface area contributed by atoms with E-state index in [0.29, 0.717) is 19.2 Å². The maximum absolute atomic E-state index is 6.08. The molecular weight excluding hydrogens is 262 g/mol. The lowest BCUT2D eigenvalue weighted by Gasteiger charge is -2.42. The summed E-state index contributed by atoms with van der Waals surface area (Å²) < 4.78 is 5.62. The molecular formula is C17H29N3O. The van der Waals surface area contributed by atoms with Crippen molar-refractivity contribution < 1.29 is 4.74 Å². The number of likely N-dealkylation sites (N-methyl/N-ethyl adjacent to an activating group) is 1. The first-order valence-electron chi connectivity index (χ1n) is 8.10. The van der Waals surface area contributed by atoms with Crippen LogP contribution in [0.25, 0.3) is 0 Å². The molecule has 2 atom stereocenters. The van der Waals surface area contributed by atoms with Crippen LogP contribution in [0.4, 0.5) is 0 Å². The van der Waals surface area contributed by atoms with Crippen LogP contribution in [0.2, 0.25) is 0 Å². The van der Waals surface area contributed by atoms with Gasteiger partial charge in [0.05, 0.1) is 6.61 Å². The van der Waals surface area contributed by atoms with Gasteiger partial charge < -0.3 is 10.5 Å². The Balaban J connectivity index is 2.10. The molecule has 0 bridgehead atoms. The highest BCUT2D eigenvalue weighted by Crippen LogP contribution is 2.26. The smallest absolute Gasteiger partial charge is 0.119 e. The maximum atomic E-state index is 6.08. The molecule has 1 fully saturated rings. The van der Waals surface area contributed by atoms with E-state index < -0.39 is 0 Å². The number of hydrogen-bond acceptors (Lipinski definition) is 4. The molecule has 0 spiro atoms. The Morgan fingerprint density at radius 3 is 2.76 bits per heavy atom. The zero-order chi connectivity index (χ0) is 15.2. The molecule has 1 heterocycles. The van der Waals surface area contributed by atoms with Gasteiger partial charge in [-0.05, 0) is 38.1 Å². The van der Waals surface area contributed by atoms with Crippen molar-refractivity contribution in [2.45, 2.75) is 32.9 Å². The molecule has 21 heavy (non-hydrogen) atoms. The molecule has 1 aliphatic rings. The summed E-state index contributed by atoms with van der Waals surface area (Å²) in [5.41, 5.74) is 7.34. The maximum Gasteiger partial charge on any atom is 0.119 e. The Morgan fingerprint density at radius 2 is 2.14 bits per heavy atom. The lowest BCUT2D eigenvalue weighted by atomic mass is 10.0. The average molecular weight is 291 g/mol. The monoisotopic (exact) mass is 291 g/mol. The molecule has 2 rings (SSSR count). The van der Waals surface area contributed by atoms with E-state index in [2.05, 4.69) is 41.8 Å². The van der Waals surface area contributed by atoms with E-state index in [-0.39, 0.29) is 6.04 Å². The van der Waals surface area contributed by atoms with Crippen LogP contribution in [0, 0.1) is 0 Å². The molecule has 2 unspecified atom stereocenters. The predicted molar refractivity (Wildman–Crippen MR) is 87.7 cm³/mol. The summed E-state index contributed by atoms with van der Waals surface area (Å²) in [6.07, 6.45) is 0. The first-order valence-corrected chi connectivity index (χ1v) is 8.10. The van der Waals surface area contributed by atoms with Gasteiger partial charge in [0.25, 0.3) is 0 Å². The molecule has 1 aromatic rings. The summed E-state index contributed by atoms with van der Waals surface area (Å²) >= 11 is 0. The highest BCUT2D eigenvalue weighted by Gasteiger charge is 2.27. The fourth-order valence-electron chi connectivity index (χ4n) is 3.25. The molecule has 0 radical (unpaired) electrons. The number of piperazine rings is 1. The molecule has 118 valence electrons. The molecule has 0 saturated carbocycles. The Bertz CT molecular complexity index is 438. The SMILES string of the molecule is CCOc1cccc(C(CN)N2CCN(CC)C(C)C2)c1. The minimum atomic E-state index is 0.284. The fourth-order valence-corrected chi connectivity index (χ4v) is 3.25. The van der Waals surface area contributed by atoms with Gasteiger partial charge in [0.2, 0.25) is 0 Å². The fraction of sp³-hybridized carbons (Fsp3) is 0.647. The predicted octanol–water partition coefficient (Wildman–Crippen LogP) is 2.11. The van der Waals surface area contributed by atoms with E-state index in [1.165, 1.54) is 5.56 Å². The normalized spacial score (nSPS) is 22.2. The molecule has 2 N–H and O–H groups in total. The summed E-state index contributed by atoms with van der Waals surface area (Å²) in [7, 11) is 0. The van der Waals surface area contributed by atoms with E-state index in [4.69, 9.17) is 10.5 Å². The number of ether oxygens (including phenoxy) is 1. The van der Waals surface area contributed by atoms with Gasteiger partial charge >= 0.3 is 0 Å². The summed E-state index contributed by atoms with van der Waals surface area (Å²) in [5.74, 6) is 0.939. The Kier molecular flexibility index (Phi) is 6.03. The minimum absolute atomic E-state index is 0.284. The van der Waals surface area contributed by atoms with E-state index in [1.807, 2.05) is 13.0 Å². The second kappa shape index (κ2) is 7.78. The molecule has 0 aliphatic carbocycles. The number of nitrogens with two attached hydrogens (primary N) is 1. The third-order valence-corrected chi connectivity index (χ3v) is 4.42. The van der Waals surface area contributed by atoms with Gasteiger partial charge in [-0.15, -0.1) is 0 Å². The van der Waals surface area contributed by atoms with Crippen LogP contribution in [-0.2, 0) is 0 Å². The van der Waals surface area contributed by atoms with E-state index >= 15 is 0 Å². The van der Waals surface area contributed by atoms with Gasteiger partial charge in [-0.3, -0.25) is 9.80 Å². The Hall–Kier alpha value is -1.10. The van der Waals surface area contributed by atoms with Crippen molar-refractivity contribution in [2.75, 3.05) is 39.3 Å². The lowest BCUT2D eigenvalue weighted by Crippen LogP contribution is -2.53. The van der Waals surface area contributed by atoms with Crippen LogP contribution in [0.5, 0.6) is 5.75 Å². The Morgan fingerprint density at radius 1 is 1.33 bits per heavy atom. The number of hydrogen-bond donors (Lipinski definition) is 1. The van der Waals surface area contributed by atoms with Crippen molar-refractivity contribution in [1.82, 2.24) is 9.80 Å². The topological polar surface area (TPSA) is 41.7 Å². The molecule has 0 amide bonds. The largest absolute Gasteiger partial charge is 0.494 e. The molecule has 4 nitrogen and oxygen atoms in total. The van der Waals surface area contributed by atoms with Gasteiger partial charge in [-0.1, -0.05) is 19.1 Å². The van der Waals surface area contributed by atoms with Gasteiger partial charge in [-0.25, -0.2) is 0 Å². The highest BCUT2D eigenvalue weighted by molar-refractivity contribution is 5.31. The van der Waals surface area contributed by atoms with Crippen LogP contribution in [0.15, 0.2) is 24.3 Å². The van der Waals surface area contributed by atoms with Gasteiger partial charge in [0.1, 0.15) is 5.75 Å². The molecule has 1 aromatic carbocycles. The van der Waals surface area contributed by atoms with Gasteiger partial charge in [-0.2, -0.15) is 0 Å². The summed E-state index contributed by atoms with van der Waals surface area (Å²) in [6, 6.07) is 9.25. The van der Waals surface area contributed by atoms with Gasteiger partial charge in [0.15, 0.2) is 0 Å². The van der Waals surface area contributed by atoms with Crippen molar-refractivity contribution in [2.24, 2.45) is 5.73 Å². The second-order valence-electron chi connectivity index (χ2n) is 5.73. The first kappa shape index (κ1) is 16.3. The summed E-state index contributed by atoms with van der Waals surface area (Å²) in [6.45, 7) is 12.3. The average Bonchev–Trinajstić information content (AvgIpc) is 2.49. The quantitative estimate of drug-likeness (QED) is 0.871. The molecule has 1 aliphatic heterocycles. The summed E-state index contributed by atoms with van der Waals surface area (Å²) in [4.78, 5) is 5.04. The third-order valence-electron chi connectivity index (χ3n) is 4.42. The first-order chi connectivity index (χ1) is 10.2. The number of benzene rings is 1. The van der Waals surface area contributed by atoms with Crippen molar-refractivity contribution in [1.29, 1.82) is 0 Å². The van der Waals surface area contributed by atoms with Crippen molar-refractivity contribution in [3.8, 4) is 5.75 Å². The van der Waals surface area contributed by atoms with Crippen molar-refractivity contribution in [3.05, 3.63) is 29.8 Å². The number of nitrogens with zero attached hydrogens (tertiary/aromatic N) is 2. The molecule has 0 aromatic heterocycles. The summed E-state index contributed by atoms with van der Waals surface area (Å²) in [5, 5.41) is 0. The van der Waals surface area contributed by atoms with Crippen molar-refractivity contribution >= 4 is 0 Å². The third kappa shape index (κ3) is 3.96. The van der Waals surface area contributed by atoms with Crippen LogP contribution >= 0.6 is 0 Å². The lowest BCUT2D eigenvalue weighted by molar-refractivity contribution is 0.0606. The highest BCUT2D eigenvalue weighted by atomic mass is 16.5.